The molecule has 2 aromatic rings. The SMILES string of the molecule is CCCOCc1ccccc1CNC(=NC)NCc1nc(C)c(C)s1. The van der Waals surface area contributed by atoms with Gasteiger partial charge in [-0.3, -0.25) is 4.99 Å². The monoisotopic (exact) mass is 360 g/mol. The molecule has 0 unspecified atom stereocenters. The Morgan fingerprint density at radius 3 is 2.52 bits per heavy atom. The number of thiazole rings is 1. The molecule has 6 heteroatoms. The van der Waals surface area contributed by atoms with Gasteiger partial charge in [0.1, 0.15) is 5.01 Å². The number of ether oxygens (including phenoxy) is 1. The molecule has 2 N–H and O–H groups in total. The molecule has 0 amide bonds. The van der Waals surface area contributed by atoms with Crippen LogP contribution in [0.1, 0.15) is 40.1 Å². The Balaban J connectivity index is 1.88. The first-order valence-corrected chi connectivity index (χ1v) is 9.47. The highest BCUT2D eigenvalue weighted by Gasteiger charge is 2.06. The fraction of sp³-hybridized carbons (Fsp3) is 0.474. The van der Waals surface area contributed by atoms with Gasteiger partial charge in [0.15, 0.2) is 5.96 Å². The molecule has 0 atom stereocenters. The van der Waals surface area contributed by atoms with E-state index in [1.807, 2.05) is 13.0 Å². The summed E-state index contributed by atoms with van der Waals surface area (Å²) in [5.74, 6) is 0.773. The van der Waals surface area contributed by atoms with E-state index in [0.717, 1.165) is 29.7 Å². The number of rotatable bonds is 8. The van der Waals surface area contributed by atoms with E-state index in [9.17, 15) is 0 Å². The van der Waals surface area contributed by atoms with Crippen molar-refractivity contribution in [3.8, 4) is 0 Å². The zero-order chi connectivity index (χ0) is 18.1. The lowest BCUT2D eigenvalue weighted by Gasteiger charge is -2.14. The van der Waals surface area contributed by atoms with Crippen molar-refractivity contribution in [1.82, 2.24) is 15.6 Å². The van der Waals surface area contributed by atoms with E-state index in [-0.39, 0.29) is 0 Å². The molecule has 1 aromatic carbocycles. The second kappa shape index (κ2) is 10.2. The van der Waals surface area contributed by atoms with Crippen LogP contribution in [0.2, 0.25) is 0 Å². The van der Waals surface area contributed by atoms with Gasteiger partial charge in [-0.15, -0.1) is 11.3 Å². The largest absolute Gasteiger partial charge is 0.377 e. The van der Waals surface area contributed by atoms with Gasteiger partial charge >= 0.3 is 0 Å². The maximum Gasteiger partial charge on any atom is 0.191 e. The summed E-state index contributed by atoms with van der Waals surface area (Å²) in [6, 6.07) is 8.34. The van der Waals surface area contributed by atoms with E-state index in [4.69, 9.17) is 4.74 Å². The molecule has 0 spiro atoms. The number of nitrogens with one attached hydrogen (secondary N) is 2. The topological polar surface area (TPSA) is 58.5 Å². The lowest BCUT2D eigenvalue weighted by Crippen LogP contribution is -2.36. The molecule has 0 aliphatic rings. The fourth-order valence-corrected chi connectivity index (χ4v) is 3.24. The first kappa shape index (κ1) is 19.4. The summed E-state index contributed by atoms with van der Waals surface area (Å²) in [6.07, 6.45) is 1.03. The van der Waals surface area contributed by atoms with Gasteiger partial charge in [0.25, 0.3) is 0 Å². The molecule has 5 nitrogen and oxygen atoms in total. The van der Waals surface area contributed by atoms with E-state index in [0.29, 0.717) is 19.7 Å². The zero-order valence-electron chi connectivity index (χ0n) is 15.6. The zero-order valence-corrected chi connectivity index (χ0v) is 16.4. The van der Waals surface area contributed by atoms with Gasteiger partial charge in [-0.1, -0.05) is 31.2 Å². The smallest absolute Gasteiger partial charge is 0.191 e. The van der Waals surface area contributed by atoms with Crippen molar-refractivity contribution in [2.45, 2.75) is 46.9 Å². The molecule has 2 rings (SSSR count). The van der Waals surface area contributed by atoms with Gasteiger partial charge in [-0.05, 0) is 31.4 Å². The minimum Gasteiger partial charge on any atom is -0.377 e. The molecular formula is C19H28N4OS. The molecule has 1 aromatic heterocycles. The van der Waals surface area contributed by atoms with Crippen molar-refractivity contribution >= 4 is 17.3 Å². The second-order valence-electron chi connectivity index (χ2n) is 5.85. The normalized spacial score (nSPS) is 11.6. The van der Waals surface area contributed by atoms with Crippen LogP contribution in [-0.2, 0) is 24.4 Å². The maximum absolute atomic E-state index is 5.68. The number of aliphatic imine (C=N–C) groups is 1. The lowest BCUT2D eigenvalue weighted by atomic mass is 10.1. The first-order chi connectivity index (χ1) is 12.1. The highest BCUT2D eigenvalue weighted by atomic mass is 32.1. The summed E-state index contributed by atoms with van der Waals surface area (Å²) < 4.78 is 5.68. The van der Waals surface area contributed by atoms with Crippen LogP contribution in [0.25, 0.3) is 0 Å². The minimum absolute atomic E-state index is 0.648. The Morgan fingerprint density at radius 1 is 1.16 bits per heavy atom. The van der Waals surface area contributed by atoms with Crippen LogP contribution in [0.3, 0.4) is 0 Å². The highest BCUT2D eigenvalue weighted by Crippen LogP contribution is 2.16. The van der Waals surface area contributed by atoms with Gasteiger partial charge in [-0.2, -0.15) is 0 Å². The van der Waals surface area contributed by atoms with Crippen molar-refractivity contribution in [1.29, 1.82) is 0 Å². The van der Waals surface area contributed by atoms with Crippen LogP contribution >= 0.6 is 11.3 Å². The molecule has 0 saturated heterocycles. The molecule has 0 radical (unpaired) electrons. The average molecular weight is 361 g/mol. The number of nitrogens with zero attached hydrogens (tertiary/aromatic N) is 2. The van der Waals surface area contributed by atoms with Crippen molar-refractivity contribution < 1.29 is 4.74 Å². The van der Waals surface area contributed by atoms with Crippen LogP contribution in [-0.4, -0.2) is 24.6 Å². The maximum atomic E-state index is 5.68. The predicted octanol–water partition coefficient (Wildman–Crippen LogP) is 3.55. The first-order valence-electron chi connectivity index (χ1n) is 8.66. The van der Waals surface area contributed by atoms with Crippen LogP contribution in [0.4, 0.5) is 0 Å². The van der Waals surface area contributed by atoms with E-state index in [2.05, 4.69) is 52.7 Å². The van der Waals surface area contributed by atoms with Gasteiger partial charge < -0.3 is 15.4 Å². The third kappa shape index (κ3) is 6.14. The Hall–Kier alpha value is -1.92. The Morgan fingerprint density at radius 2 is 1.88 bits per heavy atom. The molecule has 0 fully saturated rings. The number of guanidine groups is 1. The minimum atomic E-state index is 0.648. The molecule has 0 aliphatic carbocycles. The lowest BCUT2D eigenvalue weighted by molar-refractivity contribution is 0.121. The molecule has 0 aliphatic heterocycles. The van der Waals surface area contributed by atoms with Crippen LogP contribution < -0.4 is 10.6 Å². The number of benzene rings is 1. The fourth-order valence-electron chi connectivity index (χ4n) is 2.37. The number of hydrogen-bond donors (Lipinski definition) is 2. The quantitative estimate of drug-likeness (QED) is 0.429. The summed E-state index contributed by atoms with van der Waals surface area (Å²) >= 11 is 1.72. The molecule has 136 valence electrons. The van der Waals surface area contributed by atoms with Gasteiger partial charge in [0.05, 0.1) is 18.8 Å². The third-order valence-electron chi connectivity index (χ3n) is 3.87. The Bertz CT molecular complexity index is 677. The molecule has 0 bridgehead atoms. The van der Waals surface area contributed by atoms with Gasteiger partial charge in [-0.25, -0.2) is 4.98 Å². The van der Waals surface area contributed by atoms with Crippen LogP contribution in [0, 0.1) is 13.8 Å². The van der Waals surface area contributed by atoms with Crippen molar-refractivity contribution in [2.24, 2.45) is 4.99 Å². The summed E-state index contributed by atoms with van der Waals surface area (Å²) in [5, 5.41) is 7.77. The number of aryl methyl sites for hydroxylation is 2. The number of hydrogen-bond acceptors (Lipinski definition) is 4. The third-order valence-corrected chi connectivity index (χ3v) is 4.95. The molecule has 25 heavy (non-hydrogen) atoms. The standard InChI is InChI=1S/C19H28N4OS/c1-5-10-24-13-17-9-7-6-8-16(17)11-21-19(20-4)22-12-18-23-14(2)15(3)25-18/h6-9H,5,10-13H2,1-4H3,(H2,20,21,22). The summed E-state index contributed by atoms with van der Waals surface area (Å²) in [6.45, 7) is 9.09. The summed E-state index contributed by atoms with van der Waals surface area (Å²) in [7, 11) is 1.78. The highest BCUT2D eigenvalue weighted by molar-refractivity contribution is 7.11. The summed E-state index contributed by atoms with van der Waals surface area (Å²) in [5.41, 5.74) is 3.54. The van der Waals surface area contributed by atoms with E-state index < -0.39 is 0 Å². The van der Waals surface area contributed by atoms with E-state index in [1.165, 1.54) is 16.0 Å². The Kier molecular flexibility index (Phi) is 7.88. The second-order valence-corrected chi connectivity index (χ2v) is 7.14. The van der Waals surface area contributed by atoms with Gasteiger partial charge in [0.2, 0.25) is 0 Å². The van der Waals surface area contributed by atoms with Crippen LogP contribution in [0.15, 0.2) is 29.3 Å². The van der Waals surface area contributed by atoms with Crippen molar-refractivity contribution in [3.05, 3.63) is 51.0 Å². The van der Waals surface area contributed by atoms with Gasteiger partial charge in [0, 0.05) is 25.1 Å². The number of aromatic nitrogens is 1. The van der Waals surface area contributed by atoms with E-state index >= 15 is 0 Å². The average Bonchev–Trinajstić information content (AvgIpc) is 2.94. The molecular weight excluding hydrogens is 332 g/mol. The Labute approximate surface area is 154 Å². The molecule has 0 saturated carbocycles. The summed E-state index contributed by atoms with van der Waals surface area (Å²) in [4.78, 5) is 10.1. The van der Waals surface area contributed by atoms with Crippen LogP contribution in [0.5, 0.6) is 0 Å². The predicted molar refractivity (Wildman–Crippen MR) is 105 cm³/mol. The van der Waals surface area contributed by atoms with Crippen molar-refractivity contribution in [2.75, 3.05) is 13.7 Å². The molecule has 1 heterocycles. The van der Waals surface area contributed by atoms with E-state index in [1.54, 1.807) is 18.4 Å². The van der Waals surface area contributed by atoms with Crippen molar-refractivity contribution in [3.63, 3.8) is 0 Å².